The third-order valence-corrected chi connectivity index (χ3v) is 3.46. The number of aromatic nitrogens is 3. The molecule has 2 fully saturated rings. The molecule has 18 heavy (non-hydrogen) atoms. The fourth-order valence-corrected chi connectivity index (χ4v) is 2.49. The Labute approximate surface area is 106 Å². The number of aliphatic hydroxyl groups is 1. The Morgan fingerprint density at radius 1 is 1.00 bits per heavy atom. The highest BCUT2D eigenvalue weighted by Gasteiger charge is 2.24. The van der Waals surface area contributed by atoms with Crippen LogP contribution in [0.3, 0.4) is 0 Å². The first-order valence-electron chi connectivity index (χ1n) is 6.42. The maximum absolute atomic E-state index is 9.56. The van der Waals surface area contributed by atoms with Crippen LogP contribution >= 0.6 is 0 Å². The van der Waals surface area contributed by atoms with Crippen LogP contribution in [-0.2, 0) is 0 Å². The number of hydrogen-bond donors (Lipinski definition) is 2. The molecule has 1 aromatic heterocycles. The van der Waals surface area contributed by atoms with Gasteiger partial charge in [0.15, 0.2) is 0 Å². The van der Waals surface area contributed by atoms with Crippen molar-refractivity contribution in [3.63, 3.8) is 0 Å². The van der Waals surface area contributed by atoms with Gasteiger partial charge in [-0.15, -0.1) is 0 Å². The molecule has 2 aliphatic heterocycles. The molecule has 2 saturated heterocycles. The summed E-state index contributed by atoms with van der Waals surface area (Å²) < 4.78 is 0. The van der Waals surface area contributed by atoms with Crippen LogP contribution in [0.25, 0.3) is 0 Å². The van der Waals surface area contributed by atoms with E-state index >= 15 is 0 Å². The highest BCUT2D eigenvalue weighted by atomic mass is 16.3. The summed E-state index contributed by atoms with van der Waals surface area (Å²) >= 11 is 0. The largest absolute Gasteiger partial charge is 0.391 e. The van der Waals surface area contributed by atoms with E-state index in [9.17, 15) is 5.11 Å². The number of nitrogen functional groups attached to an aromatic ring is 1. The fraction of sp³-hybridized carbons (Fsp3) is 0.727. The van der Waals surface area contributed by atoms with Crippen LogP contribution in [0.4, 0.5) is 17.8 Å². The Morgan fingerprint density at radius 2 is 1.67 bits per heavy atom. The monoisotopic (exact) mass is 250 g/mol. The summed E-state index contributed by atoms with van der Waals surface area (Å²) in [6.07, 6.45) is 2.80. The Balaban J connectivity index is 1.85. The van der Waals surface area contributed by atoms with Crippen molar-refractivity contribution in [3.8, 4) is 0 Å². The van der Waals surface area contributed by atoms with E-state index in [0.29, 0.717) is 18.4 Å². The van der Waals surface area contributed by atoms with Crippen molar-refractivity contribution in [1.29, 1.82) is 0 Å². The molecule has 98 valence electrons. The third kappa shape index (κ3) is 2.17. The van der Waals surface area contributed by atoms with Gasteiger partial charge in [-0.25, -0.2) is 0 Å². The van der Waals surface area contributed by atoms with Gasteiger partial charge >= 0.3 is 0 Å². The Bertz CT molecular complexity index is 434. The quantitative estimate of drug-likeness (QED) is 0.739. The number of nitrogens with two attached hydrogens (primary N) is 1. The number of β-amino-alcohol motifs (C(OH)–C–C–N with tert-alkyl or cyclic N) is 1. The number of anilines is 3. The molecule has 0 amide bonds. The Hall–Kier alpha value is -1.63. The minimum absolute atomic E-state index is 0.253. The lowest BCUT2D eigenvalue weighted by atomic mass is 10.3. The molecule has 0 aliphatic carbocycles. The highest BCUT2D eigenvalue weighted by Crippen LogP contribution is 2.21. The highest BCUT2D eigenvalue weighted by molar-refractivity contribution is 5.44. The summed E-state index contributed by atoms with van der Waals surface area (Å²) in [7, 11) is 0. The minimum Gasteiger partial charge on any atom is -0.391 e. The summed E-state index contributed by atoms with van der Waals surface area (Å²) in [5.74, 6) is 1.50. The van der Waals surface area contributed by atoms with Gasteiger partial charge in [-0.3, -0.25) is 0 Å². The lowest BCUT2D eigenvalue weighted by Crippen LogP contribution is -2.27. The van der Waals surface area contributed by atoms with Gasteiger partial charge in [-0.2, -0.15) is 15.0 Å². The molecule has 7 heteroatoms. The summed E-state index contributed by atoms with van der Waals surface area (Å²) in [6, 6.07) is 0. The molecule has 0 spiro atoms. The van der Waals surface area contributed by atoms with E-state index in [1.54, 1.807) is 0 Å². The maximum Gasteiger partial charge on any atom is 0.232 e. The van der Waals surface area contributed by atoms with Crippen molar-refractivity contribution in [3.05, 3.63) is 0 Å². The van der Waals surface area contributed by atoms with Crippen molar-refractivity contribution in [2.45, 2.75) is 25.4 Å². The molecule has 7 nitrogen and oxygen atoms in total. The first kappa shape index (κ1) is 11.5. The van der Waals surface area contributed by atoms with Crippen LogP contribution in [0.2, 0.25) is 0 Å². The van der Waals surface area contributed by atoms with Gasteiger partial charge in [0.05, 0.1) is 6.10 Å². The summed E-state index contributed by atoms with van der Waals surface area (Å²) in [6.45, 7) is 3.30. The van der Waals surface area contributed by atoms with Gasteiger partial charge < -0.3 is 20.6 Å². The third-order valence-electron chi connectivity index (χ3n) is 3.46. The summed E-state index contributed by atoms with van der Waals surface area (Å²) in [4.78, 5) is 16.9. The van der Waals surface area contributed by atoms with Crippen molar-refractivity contribution in [2.24, 2.45) is 0 Å². The molecule has 3 N–H and O–H groups in total. The van der Waals surface area contributed by atoms with E-state index in [-0.39, 0.29) is 12.1 Å². The molecule has 0 radical (unpaired) electrons. The van der Waals surface area contributed by atoms with E-state index in [1.165, 1.54) is 12.8 Å². The van der Waals surface area contributed by atoms with Crippen LogP contribution in [0.5, 0.6) is 0 Å². The molecule has 1 unspecified atom stereocenters. The molecule has 3 heterocycles. The Kier molecular flexibility index (Phi) is 2.91. The standard InChI is InChI=1S/C11H18N6O/c12-9-13-10(16-4-1-2-5-16)15-11(14-9)17-6-3-8(18)7-17/h8,18H,1-7H2,(H2,12,13,14,15). The van der Waals surface area contributed by atoms with Crippen LogP contribution in [-0.4, -0.2) is 52.3 Å². The minimum atomic E-state index is -0.293. The zero-order chi connectivity index (χ0) is 12.5. The second kappa shape index (κ2) is 4.56. The second-order valence-corrected chi connectivity index (χ2v) is 4.88. The fourth-order valence-electron chi connectivity index (χ4n) is 2.49. The van der Waals surface area contributed by atoms with Gasteiger partial charge in [0.25, 0.3) is 0 Å². The molecule has 0 saturated carbocycles. The molecule has 1 aromatic rings. The van der Waals surface area contributed by atoms with E-state index in [0.717, 1.165) is 26.1 Å². The van der Waals surface area contributed by atoms with Crippen molar-refractivity contribution in [1.82, 2.24) is 15.0 Å². The average Bonchev–Trinajstić information content (AvgIpc) is 2.98. The lowest BCUT2D eigenvalue weighted by Gasteiger charge is -2.19. The van der Waals surface area contributed by atoms with Crippen molar-refractivity contribution >= 4 is 17.8 Å². The predicted molar refractivity (Wildman–Crippen MR) is 68.5 cm³/mol. The van der Waals surface area contributed by atoms with Crippen LogP contribution in [0, 0.1) is 0 Å². The van der Waals surface area contributed by atoms with Crippen molar-refractivity contribution in [2.75, 3.05) is 41.7 Å². The van der Waals surface area contributed by atoms with E-state index in [1.807, 2.05) is 4.90 Å². The number of nitrogens with zero attached hydrogens (tertiary/aromatic N) is 5. The van der Waals surface area contributed by atoms with Gasteiger partial charge in [0, 0.05) is 26.2 Å². The van der Waals surface area contributed by atoms with E-state index < -0.39 is 0 Å². The normalized spacial score (nSPS) is 23.9. The molecule has 0 aromatic carbocycles. The second-order valence-electron chi connectivity index (χ2n) is 4.88. The maximum atomic E-state index is 9.56. The molecule has 1 atom stereocenters. The van der Waals surface area contributed by atoms with Gasteiger partial charge in [0.1, 0.15) is 0 Å². The number of aliphatic hydroxyl groups excluding tert-OH is 1. The van der Waals surface area contributed by atoms with Gasteiger partial charge in [-0.1, -0.05) is 0 Å². The summed E-state index contributed by atoms with van der Waals surface area (Å²) in [5, 5.41) is 9.56. The molecule has 2 aliphatic rings. The summed E-state index contributed by atoms with van der Waals surface area (Å²) in [5.41, 5.74) is 5.75. The van der Waals surface area contributed by atoms with E-state index in [2.05, 4.69) is 19.9 Å². The zero-order valence-electron chi connectivity index (χ0n) is 10.3. The number of hydrogen-bond acceptors (Lipinski definition) is 7. The van der Waals surface area contributed by atoms with Gasteiger partial charge in [0.2, 0.25) is 17.8 Å². The van der Waals surface area contributed by atoms with Gasteiger partial charge in [-0.05, 0) is 19.3 Å². The first-order valence-corrected chi connectivity index (χ1v) is 6.42. The SMILES string of the molecule is Nc1nc(N2CCCC2)nc(N2CCC(O)C2)n1. The van der Waals surface area contributed by atoms with Crippen LogP contribution in [0.1, 0.15) is 19.3 Å². The zero-order valence-corrected chi connectivity index (χ0v) is 10.3. The number of rotatable bonds is 2. The topological polar surface area (TPSA) is 91.4 Å². The van der Waals surface area contributed by atoms with E-state index in [4.69, 9.17) is 5.73 Å². The van der Waals surface area contributed by atoms with Crippen LogP contribution in [0.15, 0.2) is 0 Å². The molecule has 0 bridgehead atoms. The predicted octanol–water partition coefficient (Wildman–Crippen LogP) is -0.375. The smallest absolute Gasteiger partial charge is 0.232 e. The first-order chi connectivity index (χ1) is 8.72. The molecule has 3 rings (SSSR count). The van der Waals surface area contributed by atoms with Crippen LogP contribution < -0.4 is 15.5 Å². The van der Waals surface area contributed by atoms with Crippen molar-refractivity contribution < 1.29 is 5.11 Å². The average molecular weight is 250 g/mol. The molecular weight excluding hydrogens is 232 g/mol. The molecular formula is C11H18N6O. The lowest BCUT2D eigenvalue weighted by molar-refractivity contribution is 0.198. The Morgan fingerprint density at radius 3 is 2.28 bits per heavy atom.